The van der Waals surface area contributed by atoms with Gasteiger partial charge in [0, 0.05) is 17.6 Å². The number of hydrogen-bond acceptors (Lipinski definition) is 2. The molecule has 1 amide bonds. The molecular formula is C14H18BrFN2O. The molecule has 3 nitrogen and oxygen atoms in total. The van der Waals surface area contributed by atoms with Crippen LogP contribution in [0, 0.1) is 11.2 Å². The van der Waals surface area contributed by atoms with Crippen LogP contribution in [0.15, 0.2) is 22.7 Å². The Labute approximate surface area is 121 Å². The first kappa shape index (κ1) is 14.5. The van der Waals surface area contributed by atoms with Crippen LogP contribution in [-0.4, -0.2) is 26.0 Å². The van der Waals surface area contributed by atoms with Crippen molar-refractivity contribution >= 4 is 21.8 Å². The van der Waals surface area contributed by atoms with Gasteiger partial charge in [-0.25, -0.2) is 4.39 Å². The molecule has 1 aromatic carbocycles. The molecule has 0 radical (unpaired) electrons. The van der Waals surface area contributed by atoms with E-state index in [4.69, 9.17) is 0 Å². The maximum absolute atomic E-state index is 13.5. The Morgan fingerprint density at radius 2 is 2.21 bits per heavy atom. The largest absolute Gasteiger partial charge is 0.355 e. The molecule has 0 spiro atoms. The number of carbonyl (C=O) groups is 1. The molecule has 1 saturated carbocycles. The number of carbonyl (C=O) groups excluding carboxylic acids is 1. The Hall–Kier alpha value is -0.940. The minimum Gasteiger partial charge on any atom is -0.355 e. The average Bonchev–Trinajstić information content (AvgIpc) is 3.15. The summed E-state index contributed by atoms with van der Waals surface area (Å²) in [7, 11) is 1.85. The molecule has 0 bridgehead atoms. The maximum Gasteiger partial charge on any atom is 0.227 e. The third kappa shape index (κ3) is 3.54. The van der Waals surface area contributed by atoms with E-state index in [1.54, 1.807) is 12.1 Å². The zero-order chi connectivity index (χ0) is 13.9. The third-order valence-corrected chi connectivity index (χ3v) is 4.03. The fourth-order valence-corrected chi connectivity index (χ4v) is 2.61. The molecule has 5 heteroatoms. The van der Waals surface area contributed by atoms with E-state index in [1.165, 1.54) is 6.07 Å². The van der Waals surface area contributed by atoms with Gasteiger partial charge in [-0.15, -0.1) is 0 Å². The molecule has 1 aliphatic carbocycles. The van der Waals surface area contributed by atoms with Gasteiger partial charge in [0.25, 0.3) is 0 Å². The Balaban J connectivity index is 1.83. The Bertz CT molecular complexity index is 475. The molecule has 1 aliphatic rings. The zero-order valence-corrected chi connectivity index (χ0v) is 12.5. The third-order valence-electron chi connectivity index (χ3n) is 3.54. The van der Waals surface area contributed by atoms with Crippen molar-refractivity contribution in [1.29, 1.82) is 0 Å². The molecular weight excluding hydrogens is 311 g/mol. The van der Waals surface area contributed by atoms with Crippen molar-refractivity contribution in [2.45, 2.75) is 19.3 Å². The van der Waals surface area contributed by atoms with Crippen LogP contribution in [0.4, 0.5) is 4.39 Å². The van der Waals surface area contributed by atoms with Crippen molar-refractivity contribution in [2.24, 2.45) is 5.41 Å². The minimum atomic E-state index is -0.228. The summed E-state index contributed by atoms with van der Waals surface area (Å²) in [6.07, 6.45) is 2.38. The molecule has 0 heterocycles. The number of amides is 1. The van der Waals surface area contributed by atoms with Crippen molar-refractivity contribution in [3.63, 3.8) is 0 Å². The topological polar surface area (TPSA) is 41.1 Å². The molecule has 2 rings (SSSR count). The highest BCUT2D eigenvalue weighted by atomic mass is 79.9. The zero-order valence-electron chi connectivity index (χ0n) is 10.9. The smallest absolute Gasteiger partial charge is 0.227 e. The molecule has 0 atom stereocenters. The van der Waals surface area contributed by atoms with Crippen LogP contribution >= 0.6 is 15.9 Å². The first-order valence-electron chi connectivity index (χ1n) is 6.44. The van der Waals surface area contributed by atoms with E-state index in [0.717, 1.165) is 17.3 Å². The molecule has 0 aliphatic heterocycles. The highest BCUT2D eigenvalue weighted by Crippen LogP contribution is 2.45. The SMILES string of the molecule is CNCC1(C(=O)NCCc2cc(Br)ccc2F)CC1. The van der Waals surface area contributed by atoms with Crippen LogP contribution in [0.2, 0.25) is 0 Å². The summed E-state index contributed by atoms with van der Waals surface area (Å²) in [5.74, 6) is -0.147. The van der Waals surface area contributed by atoms with E-state index in [2.05, 4.69) is 26.6 Å². The number of benzene rings is 1. The minimum absolute atomic E-state index is 0.0808. The standard InChI is InChI=1S/C14H18BrFN2O/c1-17-9-14(5-6-14)13(19)18-7-4-10-8-11(15)2-3-12(10)16/h2-3,8,17H,4-7,9H2,1H3,(H,18,19). The summed E-state index contributed by atoms with van der Waals surface area (Å²) >= 11 is 3.32. The van der Waals surface area contributed by atoms with Crippen molar-refractivity contribution in [3.8, 4) is 0 Å². The predicted octanol–water partition coefficient (Wildman–Crippen LogP) is 2.25. The summed E-state index contributed by atoms with van der Waals surface area (Å²) in [5.41, 5.74) is 0.401. The summed E-state index contributed by atoms with van der Waals surface area (Å²) in [6, 6.07) is 4.86. The average molecular weight is 329 g/mol. The maximum atomic E-state index is 13.5. The van der Waals surface area contributed by atoms with Gasteiger partial charge in [-0.05, 0) is 50.1 Å². The van der Waals surface area contributed by atoms with E-state index in [-0.39, 0.29) is 17.1 Å². The Morgan fingerprint density at radius 1 is 1.47 bits per heavy atom. The number of rotatable bonds is 6. The van der Waals surface area contributed by atoms with Crippen molar-refractivity contribution < 1.29 is 9.18 Å². The Kier molecular flexibility index (Phi) is 4.58. The van der Waals surface area contributed by atoms with E-state index < -0.39 is 0 Å². The lowest BCUT2D eigenvalue weighted by atomic mass is 10.1. The van der Waals surface area contributed by atoms with Gasteiger partial charge < -0.3 is 10.6 Å². The first-order valence-corrected chi connectivity index (χ1v) is 7.23. The number of nitrogens with one attached hydrogen (secondary N) is 2. The summed E-state index contributed by atoms with van der Waals surface area (Å²) < 4.78 is 14.4. The molecule has 0 saturated heterocycles. The van der Waals surface area contributed by atoms with Crippen LogP contribution in [0.3, 0.4) is 0 Å². The number of halogens is 2. The molecule has 0 unspecified atom stereocenters. The molecule has 19 heavy (non-hydrogen) atoms. The van der Waals surface area contributed by atoms with Crippen LogP contribution in [0.5, 0.6) is 0 Å². The summed E-state index contributed by atoms with van der Waals surface area (Å²) in [6.45, 7) is 1.18. The molecule has 1 fully saturated rings. The second-order valence-electron chi connectivity index (χ2n) is 5.05. The highest BCUT2D eigenvalue weighted by molar-refractivity contribution is 9.10. The monoisotopic (exact) mass is 328 g/mol. The highest BCUT2D eigenvalue weighted by Gasteiger charge is 2.48. The van der Waals surface area contributed by atoms with Gasteiger partial charge in [0.1, 0.15) is 5.82 Å². The van der Waals surface area contributed by atoms with E-state index in [9.17, 15) is 9.18 Å². The van der Waals surface area contributed by atoms with Gasteiger partial charge in [0.2, 0.25) is 5.91 Å². The van der Waals surface area contributed by atoms with Crippen LogP contribution in [-0.2, 0) is 11.2 Å². The first-order chi connectivity index (χ1) is 9.07. The second-order valence-corrected chi connectivity index (χ2v) is 5.97. The Morgan fingerprint density at radius 3 is 2.84 bits per heavy atom. The van der Waals surface area contributed by atoms with E-state index in [0.29, 0.717) is 25.1 Å². The fourth-order valence-electron chi connectivity index (χ4n) is 2.21. The number of hydrogen-bond donors (Lipinski definition) is 2. The van der Waals surface area contributed by atoms with Gasteiger partial charge in [-0.1, -0.05) is 15.9 Å². The van der Waals surface area contributed by atoms with Crippen molar-refractivity contribution in [3.05, 3.63) is 34.1 Å². The van der Waals surface area contributed by atoms with Crippen molar-refractivity contribution in [2.75, 3.05) is 20.1 Å². The van der Waals surface area contributed by atoms with Gasteiger partial charge in [-0.3, -0.25) is 4.79 Å². The van der Waals surface area contributed by atoms with Crippen LogP contribution < -0.4 is 10.6 Å². The quantitative estimate of drug-likeness (QED) is 0.840. The normalized spacial score (nSPS) is 16.2. The lowest BCUT2D eigenvalue weighted by Crippen LogP contribution is -2.38. The van der Waals surface area contributed by atoms with Crippen LogP contribution in [0.25, 0.3) is 0 Å². The lowest BCUT2D eigenvalue weighted by molar-refractivity contribution is -0.126. The lowest BCUT2D eigenvalue weighted by Gasteiger charge is -2.14. The van der Waals surface area contributed by atoms with Crippen molar-refractivity contribution in [1.82, 2.24) is 10.6 Å². The molecule has 1 aromatic rings. The summed E-state index contributed by atoms with van der Waals surface area (Å²) in [4.78, 5) is 12.0. The van der Waals surface area contributed by atoms with E-state index >= 15 is 0 Å². The predicted molar refractivity (Wildman–Crippen MR) is 76.4 cm³/mol. The molecule has 0 aromatic heterocycles. The van der Waals surface area contributed by atoms with E-state index in [1.807, 2.05) is 7.05 Å². The van der Waals surface area contributed by atoms with Gasteiger partial charge in [-0.2, -0.15) is 0 Å². The van der Waals surface area contributed by atoms with Gasteiger partial charge in [0.05, 0.1) is 5.41 Å². The fraction of sp³-hybridized carbons (Fsp3) is 0.500. The molecule has 104 valence electrons. The summed E-state index contributed by atoms with van der Waals surface area (Å²) in [5, 5.41) is 5.95. The van der Waals surface area contributed by atoms with Gasteiger partial charge in [0.15, 0.2) is 0 Å². The van der Waals surface area contributed by atoms with Gasteiger partial charge >= 0.3 is 0 Å². The van der Waals surface area contributed by atoms with Crippen LogP contribution in [0.1, 0.15) is 18.4 Å². The second kappa shape index (κ2) is 6.01. The molecule has 2 N–H and O–H groups in total.